The van der Waals surface area contributed by atoms with Gasteiger partial charge in [-0.2, -0.15) is 0 Å². The summed E-state index contributed by atoms with van der Waals surface area (Å²) in [5.74, 6) is 0. The molecule has 0 radical (unpaired) electrons. The monoisotopic (exact) mass is 216 g/mol. The SMILES string of the molecule is CCI(CC)OC. The van der Waals surface area contributed by atoms with E-state index in [2.05, 4.69) is 13.8 Å². The number of alkyl halides is 2. The van der Waals surface area contributed by atoms with Gasteiger partial charge >= 0.3 is 53.1 Å². The van der Waals surface area contributed by atoms with Crippen molar-refractivity contribution in [3.8, 4) is 0 Å². The van der Waals surface area contributed by atoms with Crippen molar-refractivity contribution in [3.05, 3.63) is 0 Å². The first-order chi connectivity index (χ1) is 3.35. The van der Waals surface area contributed by atoms with Gasteiger partial charge in [-0.15, -0.1) is 0 Å². The summed E-state index contributed by atoms with van der Waals surface area (Å²) in [6.07, 6.45) is 0. The summed E-state index contributed by atoms with van der Waals surface area (Å²) in [7, 11) is 1.83. The van der Waals surface area contributed by atoms with E-state index in [1.807, 2.05) is 7.11 Å². The summed E-state index contributed by atoms with van der Waals surface area (Å²) in [6.45, 7) is 4.41. The van der Waals surface area contributed by atoms with Gasteiger partial charge in [0.15, 0.2) is 0 Å². The van der Waals surface area contributed by atoms with Gasteiger partial charge in [0.2, 0.25) is 0 Å². The minimum absolute atomic E-state index is 0.819. The van der Waals surface area contributed by atoms with E-state index in [4.69, 9.17) is 3.07 Å². The van der Waals surface area contributed by atoms with Gasteiger partial charge < -0.3 is 0 Å². The van der Waals surface area contributed by atoms with Crippen LogP contribution in [0.3, 0.4) is 0 Å². The van der Waals surface area contributed by atoms with E-state index in [-0.39, 0.29) is 0 Å². The molecule has 0 rings (SSSR count). The minimum atomic E-state index is -0.819. The molecule has 0 saturated heterocycles. The molecule has 0 fully saturated rings. The molecule has 0 aromatic carbocycles. The van der Waals surface area contributed by atoms with Crippen LogP contribution in [0.25, 0.3) is 0 Å². The van der Waals surface area contributed by atoms with E-state index in [9.17, 15) is 0 Å². The molecule has 0 spiro atoms. The number of halogens is 1. The molecular formula is C5H13IO. The fourth-order valence-electron chi connectivity index (χ4n) is 0.407. The predicted octanol–water partition coefficient (Wildman–Crippen LogP) is 2.09. The second kappa shape index (κ2) is 4.84. The second-order valence-electron chi connectivity index (χ2n) is 1.10. The first-order valence-corrected chi connectivity index (χ1v) is 6.44. The first-order valence-electron chi connectivity index (χ1n) is 2.51. The van der Waals surface area contributed by atoms with Crippen molar-refractivity contribution in [1.82, 2.24) is 0 Å². The maximum atomic E-state index is 5.21. The van der Waals surface area contributed by atoms with Crippen LogP contribution in [0.5, 0.6) is 0 Å². The van der Waals surface area contributed by atoms with E-state index in [1.54, 1.807) is 0 Å². The Kier molecular flexibility index (Phi) is 5.32. The Morgan fingerprint density at radius 3 is 1.71 bits per heavy atom. The van der Waals surface area contributed by atoms with Crippen LogP contribution in [-0.4, -0.2) is 16.0 Å². The van der Waals surface area contributed by atoms with Crippen LogP contribution in [0, 0.1) is 0 Å². The van der Waals surface area contributed by atoms with Crippen LogP contribution < -0.4 is 0 Å². The van der Waals surface area contributed by atoms with Crippen LogP contribution >= 0.6 is 20.2 Å². The van der Waals surface area contributed by atoms with Crippen molar-refractivity contribution in [2.45, 2.75) is 13.8 Å². The molecular weight excluding hydrogens is 203 g/mol. The molecule has 0 bridgehead atoms. The van der Waals surface area contributed by atoms with Gasteiger partial charge in [0.1, 0.15) is 0 Å². The molecule has 2 heteroatoms. The summed E-state index contributed by atoms with van der Waals surface area (Å²) in [5.41, 5.74) is 0. The van der Waals surface area contributed by atoms with E-state index < -0.39 is 20.2 Å². The van der Waals surface area contributed by atoms with Gasteiger partial charge in [0.25, 0.3) is 0 Å². The van der Waals surface area contributed by atoms with E-state index in [0.29, 0.717) is 0 Å². The number of rotatable bonds is 3. The Morgan fingerprint density at radius 2 is 1.71 bits per heavy atom. The van der Waals surface area contributed by atoms with Crippen molar-refractivity contribution in [2.24, 2.45) is 0 Å². The molecule has 0 aliphatic carbocycles. The van der Waals surface area contributed by atoms with Gasteiger partial charge in [-0.1, -0.05) is 0 Å². The van der Waals surface area contributed by atoms with Gasteiger partial charge in [-0.05, 0) is 0 Å². The molecule has 0 atom stereocenters. The van der Waals surface area contributed by atoms with Gasteiger partial charge in [0.05, 0.1) is 0 Å². The summed E-state index contributed by atoms with van der Waals surface area (Å²) < 4.78 is 7.78. The maximum absolute atomic E-state index is 5.21. The topological polar surface area (TPSA) is 9.23 Å². The first kappa shape index (κ1) is 7.69. The van der Waals surface area contributed by atoms with Crippen molar-refractivity contribution in [3.63, 3.8) is 0 Å². The predicted molar refractivity (Wildman–Crippen MR) is 42.1 cm³/mol. The zero-order valence-electron chi connectivity index (χ0n) is 5.20. The second-order valence-corrected chi connectivity index (χ2v) is 7.35. The molecule has 0 amide bonds. The van der Waals surface area contributed by atoms with E-state index >= 15 is 0 Å². The normalized spacial score (nSPS) is 11.6. The van der Waals surface area contributed by atoms with Crippen LogP contribution in [0.2, 0.25) is 0 Å². The van der Waals surface area contributed by atoms with Gasteiger partial charge in [0, 0.05) is 0 Å². The molecule has 0 unspecified atom stereocenters. The molecule has 1 nitrogen and oxygen atoms in total. The summed E-state index contributed by atoms with van der Waals surface area (Å²) >= 11 is -0.819. The average Bonchev–Trinajstić information content (AvgIpc) is 1.72. The molecule has 0 saturated carbocycles. The quantitative estimate of drug-likeness (QED) is 0.518. The third-order valence-corrected chi connectivity index (χ3v) is 5.46. The van der Waals surface area contributed by atoms with Crippen molar-refractivity contribution in [1.29, 1.82) is 0 Å². The Bertz CT molecular complexity index is 29.6. The molecule has 0 aromatic heterocycles. The molecule has 7 heavy (non-hydrogen) atoms. The van der Waals surface area contributed by atoms with Crippen molar-refractivity contribution < 1.29 is 3.07 Å². The molecule has 0 N–H and O–H groups in total. The Balaban J connectivity index is 2.99. The Hall–Kier alpha value is 0.690. The van der Waals surface area contributed by atoms with E-state index in [0.717, 1.165) is 0 Å². The molecule has 0 heterocycles. The zero-order valence-corrected chi connectivity index (χ0v) is 7.36. The third kappa shape index (κ3) is 3.29. The molecule has 0 aliphatic heterocycles. The van der Waals surface area contributed by atoms with Crippen molar-refractivity contribution in [2.75, 3.05) is 16.0 Å². The van der Waals surface area contributed by atoms with Gasteiger partial charge in [-0.3, -0.25) is 0 Å². The van der Waals surface area contributed by atoms with Crippen LogP contribution in [-0.2, 0) is 3.07 Å². The van der Waals surface area contributed by atoms with E-state index in [1.165, 1.54) is 8.86 Å². The average molecular weight is 216 g/mol. The Morgan fingerprint density at radius 1 is 1.29 bits per heavy atom. The van der Waals surface area contributed by atoms with Crippen LogP contribution in [0.15, 0.2) is 0 Å². The van der Waals surface area contributed by atoms with Crippen LogP contribution in [0.4, 0.5) is 0 Å². The van der Waals surface area contributed by atoms with Gasteiger partial charge in [-0.25, -0.2) is 0 Å². The zero-order chi connectivity index (χ0) is 5.70. The van der Waals surface area contributed by atoms with Crippen LogP contribution in [0.1, 0.15) is 13.8 Å². The number of hydrogen-bond acceptors (Lipinski definition) is 1. The third-order valence-electron chi connectivity index (χ3n) is 0.814. The number of hydrogen-bond donors (Lipinski definition) is 0. The summed E-state index contributed by atoms with van der Waals surface area (Å²) in [6, 6.07) is 0. The molecule has 0 aliphatic rings. The molecule has 46 valence electrons. The van der Waals surface area contributed by atoms with Crippen molar-refractivity contribution >= 4 is 20.2 Å². The summed E-state index contributed by atoms with van der Waals surface area (Å²) in [4.78, 5) is 0. The standard InChI is InChI=1S/C5H13IO/c1-4-6(5-2)7-3/h4-5H2,1-3H3. The molecule has 0 aromatic rings. The Labute approximate surface area is 53.4 Å². The fourth-order valence-corrected chi connectivity index (χ4v) is 2.73. The fraction of sp³-hybridized carbons (Fsp3) is 1.00. The summed E-state index contributed by atoms with van der Waals surface area (Å²) in [5, 5.41) is 0.